The predicted octanol–water partition coefficient (Wildman–Crippen LogP) is 1.02. The molecule has 4 heteroatoms. The van der Waals surface area contributed by atoms with Gasteiger partial charge in [0.25, 0.3) is 0 Å². The number of alkyl halides is 1. The average molecular weight is 177 g/mol. The molecule has 0 fully saturated rings. The summed E-state index contributed by atoms with van der Waals surface area (Å²) in [6, 6.07) is -0.547. The van der Waals surface area contributed by atoms with E-state index in [2.05, 4.69) is 4.74 Å². The van der Waals surface area contributed by atoms with Crippen LogP contribution in [0.5, 0.6) is 0 Å². The predicted molar refractivity (Wildman–Crippen MR) is 44.4 cm³/mol. The van der Waals surface area contributed by atoms with E-state index in [1.807, 2.05) is 0 Å². The fourth-order valence-electron chi connectivity index (χ4n) is 0.905. The van der Waals surface area contributed by atoms with Crippen LogP contribution in [0.4, 0.5) is 4.39 Å². The van der Waals surface area contributed by atoms with E-state index in [0.717, 1.165) is 12.8 Å². The van der Waals surface area contributed by atoms with Crippen molar-refractivity contribution >= 4 is 5.97 Å². The molecule has 0 saturated heterocycles. The molecule has 1 unspecified atom stereocenters. The largest absolute Gasteiger partial charge is 0.468 e. The molecule has 0 radical (unpaired) electrons. The topological polar surface area (TPSA) is 52.3 Å². The maximum Gasteiger partial charge on any atom is 0.322 e. The van der Waals surface area contributed by atoms with Gasteiger partial charge in [0.1, 0.15) is 6.04 Å². The number of hydrogen-bond donors (Lipinski definition) is 1. The lowest BCUT2D eigenvalue weighted by molar-refractivity contribution is -0.142. The second-order valence-electron chi connectivity index (χ2n) is 2.67. The van der Waals surface area contributed by atoms with Crippen LogP contribution in [0.2, 0.25) is 0 Å². The summed E-state index contributed by atoms with van der Waals surface area (Å²) < 4.78 is 16.1. The monoisotopic (exact) mass is 177 g/mol. The molecule has 0 aliphatic heterocycles. The van der Waals surface area contributed by atoms with E-state index in [9.17, 15) is 9.18 Å². The number of carbonyl (C=O) groups is 1. The van der Waals surface area contributed by atoms with Gasteiger partial charge in [0.2, 0.25) is 0 Å². The zero-order chi connectivity index (χ0) is 9.40. The lowest BCUT2D eigenvalue weighted by Crippen LogP contribution is -2.31. The first-order valence-electron chi connectivity index (χ1n) is 4.11. The van der Waals surface area contributed by atoms with Gasteiger partial charge >= 0.3 is 5.97 Å². The summed E-state index contributed by atoms with van der Waals surface area (Å²) in [6.07, 6.45) is 2.68. The summed E-state index contributed by atoms with van der Waals surface area (Å²) in [5.41, 5.74) is 5.44. The van der Waals surface area contributed by atoms with Crippen LogP contribution in [-0.4, -0.2) is 25.8 Å². The third-order valence-corrected chi connectivity index (χ3v) is 1.65. The molecule has 1 atom stereocenters. The first-order chi connectivity index (χ1) is 5.72. The number of hydrogen-bond acceptors (Lipinski definition) is 3. The van der Waals surface area contributed by atoms with Crippen LogP contribution in [0.1, 0.15) is 25.7 Å². The minimum absolute atomic E-state index is 0.298. The number of ether oxygens (including phenoxy) is 1. The van der Waals surface area contributed by atoms with Crippen LogP contribution in [0.3, 0.4) is 0 Å². The number of unbranched alkanes of at least 4 members (excludes halogenated alkanes) is 2. The lowest BCUT2D eigenvalue weighted by atomic mass is 10.1. The van der Waals surface area contributed by atoms with Crippen LogP contribution < -0.4 is 5.73 Å². The van der Waals surface area contributed by atoms with Gasteiger partial charge in [-0.3, -0.25) is 9.18 Å². The zero-order valence-corrected chi connectivity index (χ0v) is 7.38. The van der Waals surface area contributed by atoms with E-state index in [-0.39, 0.29) is 6.67 Å². The molecule has 0 spiro atoms. The van der Waals surface area contributed by atoms with Crippen molar-refractivity contribution in [1.29, 1.82) is 0 Å². The van der Waals surface area contributed by atoms with Crippen molar-refractivity contribution < 1.29 is 13.9 Å². The molecule has 0 saturated carbocycles. The quantitative estimate of drug-likeness (QED) is 0.486. The Kier molecular flexibility index (Phi) is 6.66. The van der Waals surface area contributed by atoms with E-state index >= 15 is 0 Å². The highest BCUT2D eigenvalue weighted by Gasteiger charge is 2.11. The second kappa shape index (κ2) is 7.03. The van der Waals surface area contributed by atoms with Crippen molar-refractivity contribution in [3.8, 4) is 0 Å². The summed E-state index contributed by atoms with van der Waals surface area (Å²) in [4.78, 5) is 10.8. The number of esters is 1. The highest BCUT2D eigenvalue weighted by Crippen LogP contribution is 2.03. The molecule has 0 bridgehead atoms. The molecule has 2 N–H and O–H groups in total. The van der Waals surface area contributed by atoms with Gasteiger partial charge in [-0.1, -0.05) is 12.8 Å². The Morgan fingerprint density at radius 2 is 2.17 bits per heavy atom. The summed E-state index contributed by atoms with van der Waals surface area (Å²) in [6.45, 7) is -0.298. The highest BCUT2D eigenvalue weighted by molar-refractivity contribution is 5.75. The Morgan fingerprint density at radius 3 is 2.67 bits per heavy atom. The number of methoxy groups -OCH3 is 1. The Labute approximate surface area is 72.1 Å². The molecule has 0 heterocycles. The lowest BCUT2D eigenvalue weighted by Gasteiger charge is -2.07. The molecule has 72 valence electrons. The van der Waals surface area contributed by atoms with Gasteiger partial charge < -0.3 is 10.5 Å². The van der Waals surface area contributed by atoms with Crippen molar-refractivity contribution in [2.45, 2.75) is 31.7 Å². The molecule has 0 aliphatic carbocycles. The third-order valence-electron chi connectivity index (χ3n) is 1.65. The smallest absolute Gasteiger partial charge is 0.322 e. The summed E-state index contributed by atoms with van der Waals surface area (Å²) in [5, 5.41) is 0. The van der Waals surface area contributed by atoms with Crippen molar-refractivity contribution in [2.24, 2.45) is 5.73 Å². The van der Waals surface area contributed by atoms with Crippen molar-refractivity contribution in [1.82, 2.24) is 0 Å². The Balaban J connectivity index is 3.31. The minimum Gasteiger partial charge on any atom is -0.468 e. The molecule has 0 aromatic rings. The van der Waals surface area contributed by atoms with E-state index < -0.39 is 12.0 Å². The third kappa shape index (κ3) is 5.07. The molecule has 3 nitrogen and oxygen atoms in total. The van der Waals surface area contributed by atoms with E-state index in [0.29, 0.717) is 12.8 Å². The number of halogens is 1. The zero-order valence-electron chi connectivity index (χ0n) is 7.38. The molecular weight excluding hydrogens is 161 g/mol. The van der Waals surface area contributed by atoms with Crippen molar-refractivity contribution in [2.75, 3.05) is 13.8 Å². The number of carbonyl (C=O) groups excluding carboxylic acids is 1. The molecular formula is C8H16FNO2. The summed E-state index contributed by atoms with van der Waals surface area (Å²) >= 11 is 0. The van der Waals surface area contributed by atoms with Crippen LogP contribution in [0, 0.1) is 0 Å². The number of rotatable bonds is 6. The first-order valence-corrected chi connectivity index (χ1v) is 4.11. The molecule has 0 rings (SSSR count). The average Bonchev–Trinajstić information content (AvgIpc) is 2.10. The second-order valence-corrected chi connectivity index (χ2v) is 2.67. The van der Waals surface area contributed by atoms with Crippen LogP contribution >= 0.6 is 0 Å². The van der Waals surface area contributed by atoms with E-state index in [4.69, 9.17) is 5.73 Å². The van der Waals surface area contributed by atoms with Crippen molar-refractivity contribution in [3.63, 3.8) is 0 Å². The van der Waals surface area contributed by atoms with Crippen molar-refractivity contribution in [3.05, 3.63) is 0 Å². The molecule has 0 aromatic carbocycles. The molecule has 0 aliphatic rings. The van der Waals surface area contributed by atoms with Crippen LogP contribution in [-0.2, 0) is 9.53 Å². The maximum atomic E-state index is 11.6. The van der Waals surface area contributed by atoms with Crippen LogP contribution in [0.15, 0.2) is 0 Å². The van der Waals surface area contributed by atoms with Gasteiger partial charge in [0.15, 0.2) is 0 Å². The summed E-state index contributed by atoms with van der Waals surface area (Å²) in [7, 11) is 1.31. The van der Waals surface area contributed by atoms with Crippen LogP contribution in [0.25, 0.3) is 0 Å². The van der Waals surface area contributed by atoms with E-state index in [1.54, 1.807) is 0 Å². The van der Waals surface area contributed by atoms with Gasteiger partial charge in [0.05, 0.1) is 13.8 Å². The molecule has 0 aromatic heterocycles. The number of nitrogens with two attached hydrogens (primary N) is 1. The fraction of sp³-hybridized carbons (Fsp3) is 0.875. The Hall–Kier alpha value is -0.640. The maximum absolute atomic E-state index is 11.6. The normalized spacial score (nSPS) is 12.6. The van der Waals surface area contributed by atoms with Gasteiger partial charge in [0, 0.05) is 0 Å². The van der Waals surface area contributed by atoms with Gasteiger partial charge in [-0.2, -0.15) is 0 Å². The molecule has 0 amide bonds. The molecule has 12 heavy (non-hydrogen) atoms. The SMILES string of the molecule is COC(=O)C(N)CCCCCF. The Morgan fingerprint density at radius 1 is 1.50 bits per heavy atom. The van der Waals surface area contributed by atoms with Gasteiger partial charge in [-0.25, -0.2) is 0 Å². The fourth-order valence-corrected chi connectivity index (χ4v) is 0.905. The first kappa shape index (κ1) is 11.4. The minimum atomic E-state index is -0.547. The Bertz CT molecular complexity index is 130. The van der Waals surface area contributed by atoms with Gasteiger partial charge in [-0.05, 0) is 12.8 Å². The summed E-state index contributed by atoms with van der Waals surface area (Å²) in [5.74, 6) is -0.393. The standard InChI is InChI=1S/C8H16FNO2/c1-12-8(11)7(10)5-3-2-4-6-9/h7H,2-6,10H2,1H3. The highest BCUT2D eigenvalue weighted by atomic mass is 19.1. The van der Waals surface area contributed by atoms with Gasteiger partial charge in [-0.15, -0.1) is 0 Å². The van der Waals surface area contributed by atoms with E-state index in [1.165, 1.54) is 7.11 Å².